The Morgan fingerprint density at radius 3 is 2.74 bits per heavy atom. The van der Waals surface area contributed by atoms with Crippen molar-refractivity contribution in [1.29, 1.82) is 0 Å². The second-order valence-corrected chi connectivity index (χ2v) is 4.85. The van der Waals surface area contributed by atoms with E-state index in [-0.39, 0.29) is 11.7 Å². The molecule has 1 aromatic rings. The van der Waals surface area contributed by atoms with E-state index in [0.29, 0.717) is 30.5 Å². The summed E-state index contributed by atoms with van der Waals surface area (Å²) in [6.07, 6.45) is 1.91. The van der Waals surface area contributed by atoms with Crippen molar-refractivity contribution in [3.63, 3.8) is 0 Å². The minimum Gasteiger partial charge on any atom is -0.493 e. The molecule has 4 nitrogen and oxygen atoms in total. The van der Waals surface area contributed by atoms with Gasteiger partial charge in [-0.05, 0) is 31.8 Å². The van der Waals surface area contributed by atoms with E-state index < -0.39 is 0 Å². The SMILES string of the molecule is COc1c(F)cc2c(c1C1CCNCC1)OCCO2. The Kier molecular flexibility index (Phi) is 3.46. The summed E-state index contributed by atoms with van der Waals surface area (Å²) in [5.74, 6) is 1.34. The van der Waals surface area contributed by atoms with Crippen molar-refractivity contribution >= 4 is 0 Å². The molecular formula is C14H18FNO3. The molecule has 1 fully saturated rings. The quantitative estimate of drug-likeness (QED) is 0.890. The minimum atomic E-state index is -0.375. The number of nitrogens with one attached hydrogen (secondary N) is 1. The van der Waals surface area contributed by atoms with Crippen LogP contribution in [0.5, 0.6) is 17.2 Å². The van der Waals surface area contributed by atoms with E-state index in [0.717, 1.165) is 31.5 Å². The third-order valence-corrected chi connectivity index (χ3v) is 3.73. The molecule has 0 atom stereocenters. The highest BCUT2D eigenvalue weighted by atomic mass is 19.1. The average molecular weight is 267 g/mol. The predicted molar refractivity (Wildman–Crippen MR) is 68.8 cm³/mol. The largest absolute Gasteiger partial charge is 0.493 e. The van der Waals surface area contributed by atoms with Gasteiger partial charge in [0.25, 0.3) is 0 Å². The zero-order valence-corrected chi connectivity index (χ0v) is 11.0. The van der Waals surface area contributed by atoms with E-state index in [1.54, 1.807) is 0 Å². The summed E-state index contributed by atoms with van der Waals surface area (Å²) >= 11 is 0. The molecule has 2 heterocycles. The number of fused-ring (bicyclic) bond motifs is 1. The number of ether oxygens (including phenoxy) is 3. The zero-order chi connectivity index (χ0) is 13.2. The molecule has 1 saturated heterocycles. The number of halogens is 1. The standard InChI is InChI=1S/C14H18FNO3/c1-17-13-10(15)8-11-14(19-7-6-18-11)12(13)9-2-4-16-5-3-9/h8-9,16H,2-7H2,1H3. The fourth-order valence-electron chi connectivity index (χ4n) is 2.85. The molecule has 19 heavy (non-hydrogen) atoms. The first-order valence-electron chi connectivity index (χ1n) is 6.68. The minimum absolute atomic E-state index is 0.252. The highest BCUT2D eigenvalue weighted by Crippen LogP contribution is 2.47. The van der Waals surface area contributed by atoms with Gasteiger partial charge < -0.3 is 19.5 Å². The average Bonchev–Trinajstić information content (AvgIpc) is 2.46. The first-order valence-corrected chi connectivity index (χ1v) is 6.68. The molecule has 0 spiro atoms. The molecule has 0 bridgehead atoms. The fourth-order valence-corrected chi connectivity index (χ4v) is 2.85. The molecule has 0 saturated carbocycles. The maximum atomic E-state index is 14.1. The lowest BCUT2D eigenvalue weighted by Crippen LogP contribution is -2.28. The molecule has 5 heteroatoms. The summed E-state index contributed by atoms with van der Waals surface area (Å²) in [5, 5.41) is 3.31. The van der Waals surface area contributed by atoms with Crippen LogP contribution >= 0.6 is 0 Å². The Bertz CT molecular complexity index is 472. The molecule has 0 radical (unpaired) electrons. The second kappa shape index (κ2) is 5.25. The van der Waals surface area contributed by atoms with Crippen LogP contribution in [-0.2, 0) is 0 Å². The summed E-state index contributed by atoms with van der Waals surface area (Å²) < 4.78 is 30.6. The summed E-state index contributed by atoms with van der Waals surface area (Å²) in [7, 11) is 1.50. The van der Waals surface area contributed by atoms with Crippen molar-refractivity contribution in [2.24, 2.45) is 0 Å². The highest BCUT2D eigenvalue weighted by Gasteiger charge is 2.30. The number of hydrogen-bond donors (Lipinski definition) is 1. The van der Waals surface area contributed by atoms with Gasteiger partial charge >= 0.3 is 0 Å². The van der Waals surface area contributed by atoms with Crippen LogP contribution in [0.1, 0.15) is 24.3 Å². The van der Waals surface area contributed by atoms with Gasteiger partial charge in [-0.3, -0.25) is 0 Å². The monoisotopic (exact) mass is 267 g/mol. The van der Waals surface area contributed by atoms with Crippen LogP contribution in [0, 0.1) is 5.82 Å². The molecular weight excluding hydrogens is 249 g/mol. The first-order chi connectivity index (χ1) is 9.31. The summed E-state index contributed by atoms with van der Waals surface area (Å²) in [5.41, 5.74) is 0.832. The Labute approximate surface area is 111 Å². The fraction of sp³-hybridized carbons (Fsp3) is 0.571. The molecule has 1 N–H and O–H groups in total. The molecule has 0 unspecified atom stereocenters. The van der Waals surface area contributed by atoms with E-state index in [4.69, 9.17) is 14.2 Å². The highest BCUT2D eigenvalue weighted by molar-refractivity contribution is 5.57. The first kappa shape index (κ1) is 12.5. The van der Waals surface area contributed by atoms with E-state index in [1.807, 2.05) is 0 Å². The van der Waals surface area contributed by atoms with E-state index in [2.05, 4.69) is 5.32 Å². The van der Waals surface area contributed by atoms with Gasteiger partial charge in [-0.15, -0.1) is 0 Å². The van der Waals surface area contributed by atoms with Gasteiger partial charge in [0.05, 0.1) is 7.11 Å². The normalized spacial score (nSPS) is 19.3. The lowest BCUT2D eigenvalue weighted by molar-refractivity contribution is 0.166. The van der Waals surface area contributed by atoms with Crippen LogP contribution in [0.15, 0.2) is 6.07 Å². The van der Waals surface area contributed by atoms with Crippen LogP contribution in [0.2, 0.25) is 0 Å². The number of rotatable bonds is 2. The number of piperidine rings is 1. The molecule has 3 rings (SSSR count). The maximum absolute atomic E-state index is 14.1. The zero-order valence-electron chi connectivity index (χ0n) is 11.0. The van der Waals surface area contributed by atoms with Crippen LogP contribution < -0.4 is 19.5 Å². The van der Waals surface area contributed by atoms with Crippen molar-refractivity contribution < 1.29 is 18.6 Å². The molecule has 0 aromatic heterocycles. The van der Waals surface area contributed by atoms with Crippen LogP contribution in [-0.4, -0.2) is 33.4 Å². The van der Waals surface area contributed by atoms with Crippen LogP contribution in [0.3, 0.4) is 0 Å². The van der Waals surface area contributed by atoms with Crippen molar-refractivity contribution in [2.75, 3.05) is 33.4 Å². The van der Waals surface area contributed by atoms with E-state index >= 15 is 0 Å². The molecule has 104 valence electrons. The van der Waals surface area contributed by atoms with Gasteiger partial charge in [-0.25, -0.2) is 4.39 Å². The van der Waals surface area contributed by atoms with Gasteiger partial charge in [-0.2, -0.15) is 0 Å². The molecule has 2 aliphatic heterocycles. The van der Waals surface area contributed by atoms with Crippen molar-refractivity contribution in [2.45, 2.75) is 18.8 Å². The lowest BCUT2D eigenvalue weighted by Gasteiger charge is -2.29. The molecule has 0 amide bonds. The molecule has 0 aliphatic carbocycles. The topological polar surface area (TPSA) is 39.7 Å². The van der Waals surface area contributed by atoms with Gasteiger partial charge in [0.15, 0.2) is 23.1 Å². The van der Waals surface area contributed by atoms with E-state index in [9.17, 15) is 4.39 Å². The maximum Gasteiger partial charge on any atom is 0.169 e. The van der Waals surface area contributed by atoms with Crippen molar-refractivity contribution in [1.82, 2.24) is 5.32 Å². The Balaban J connectivity index is 2.09. The Morgan fingerprint density at radius 2 is 2.00 bits per heavy atom. The third kappa shape index (κ3) is 2.23. The number of benzene rings is 1. The summed E-state index contributed by atoms with van der Waals surface area (Å²) in [6, 6.07) is 1.36. The summed E-state index contributed by atoms with van der Waals surface area (Å²) in [4.78, 5) is 0. The van der Waals surface area contributed by atoms with Crippen molar-refractivity contribution in [3.8, 4) is 17.2 Å². The van der Waals surface area contributed by atoms with Gasteiger partial charge in [0, 0.05) is 11.6 Å². The number of methoxy groups -OCH3 is 1. The third-order valence-electron chi connectivity index (χ3n) is 3.73. The second-order valence-electron chi connectivity index (χ2n) is 4.85. The Hall–Kier alpha value is -1.49. The smallest absolute Gasteiger partial charge is 0.169 e. The molecule has 2 aliphatic rings. The predicted octanol–water partition coefficient (Wildman–Crippen LogP) is 2.07. The van der Waals surface area contributed by atoms with Gasteiger partial charge in [0.1, 0.15) is 13.2 Å². The Morgan fingerprint density at radius 1 is 1.26 bits per heavy atom. The lowest BCUT2D eigenvalue weighted by atomic mass is 9.88. The summed E-state index contributed by atoms with van der Waals surface area (Å²) in [6.45, 7) is 2.82. The van der Waals surface area contributed by atoms with Crippen LogP contribution in [0.25, 0.3) is 0 Å². The molecule has 1 aromatic carbocycles. The number of hydrogen-bond acceptors (Lipinski definition) is 4. The van der Waals surface area contributed by atoms with Crippen molar-refractivity contribution in [3.05, 3.63) is 17.4 Å². The van der Waals surface area contributed by atoms with Gasteiger partial charge in [-0.1, -0.05) is 0 Å². The van der Waals surface area contributed by atoms with Gasteiger partial charge in [0.2, 0.25) is 0 Å². The van der Waals surface area contributed by atoms with E-state index in [1.165, 1.54) is 13.2 Å². The van der Waals surface area contributed by atoms with Crippen LogP contribution in [0.4, 0.5) is 4.39 Å².